The van der Waals surface area contributed by atoms with Crippen LogP contribution in [0.15, 0.2) is 30.3 Å². The third kappa shape index (κ3) is 4.85. The van der Waals surface area contributed by atoms with Gasteiger partial charge in [0, 0.05) is 64.0 Å². The zero-order chi connectivity index (χ0) is 24.4. The Labute approximate surface area is 205 Å². The second-order valence-corrected chi connectivity index (χ2v) is 9.49. The molecule has 2 fully saturated rings. The number of aryl methyl sites for hydroxylation is 1. The molecule has 0 N–H and O–H groups in total. The molecule has 3 aliphatic heterocycles. The summed E-state index contributed by atoms with van der Waals surface area (Å²) in [5.74, 6) is 1.27. The summed E-state index contributed by atoms with van der Waals surface area (Å²) in [6, 6.07) is 8.89. The van der Waals surface area contributed by atoms with Crippen LogP contribution in [0.25, 0.3) is 0 Å². The van der Waals surface area contributed by atoms with E-state index in [0.717, 1.165) is 43.6 Å². The summed E-state index contributed by atoms with van der Waals surface area (Å²) in [5.41, 5.74) is 1.86. The van der Waals surface area contributed by atoms with Gasteiger partial charge in [0.05, 0.1) is 11.1 Å². The van der Waals surface area contributed by atoms with E-state index in [4.69, 9.17) is 4.98 Å². The van der Waals surface area contributed by atoms with Crippen LogP contribution in [0.4, 0.5) is 11.8 Å². The SMILES string of the molecule is Cc1cc(N2CCN(C(=O)CCCN3C(=O)c4ccccc4C3=O)CC2)nc(N2CCCCC2)n1. The van der Waals surface area contributed by atoms with Gasteiger partial charge < -0.3 is 14.7 Å². The van der Waals surface area contributed by atoms with Gasteiger partial charge in [0.2, 0.25) is 11.9 Å². The molecule has 9 nitrogen and oxygen atoms in total. The minimum absolute atomic E-state index is 0.0640. The fraction of sp³-hybridized carbons (Fsp3) is 0.500. The number of benzene rings is 1. The van der Waals surface area contributed by atoms with E-state index in [-0.39, 0.29) is 24.3 Å². The highest BCUT2D eigenvalue weighted by Gasteiger charge is 2.34. The Morgan fingerprint density at radius 1 is 0.857 bits per heavy atom. The lowest BCUT2D eigenvalue weighted by Crippen LogP contribution is -2.49. The van der Waals surface area contributed by atoms with Crippen LogP contribution in [0, 0.1) is 6.92 Å². The van der Waals surface area contributed by atoms with Crippen molar-refractivity contribution in [2.45, 2.75) is 39.0 Å². The van der Waals surface area contributed by atoms with E-state index in [1.165, 1.54) is 24.2 Å². The first-order valence-corrected chi connectivity index (χ1v) is 12.6. The van der Waals surface area contributed by atoms with E-state index in [2.05, 4.69) is 14.8 Å². The fourth-order valence-electron chi connectivity index (χ4n) is 5.11. The molecule has 4 heterocycles. The summed E-state index contributed by atoms with van der Waals surface area (Å²) in [5, 5.41) is 0. The largest absolute Gasteiger partial charge is 0.353 e. The summed E-state index contributed by atoms with van der Waals surface area (Å²) < 4.78 is 0. The maximum absolute atomic E-state index is 12.8. The Kier molecular flexibility index (Phi) is 6.66. The second-order valence-electron chi connectivity index (χ2n) is 9.49. The van der Waals surface area contributed by atoms with E-state index in [1.54, 1.807) is 24.3 Å². The molecule has 5 rings (SSSR count). The summed E-state index contributed by atoms with van der Waals surface area (Å²) in [6.45, 7) is 6.99. The van der Waals surface area contributed by atoms with Gasteiger partial charge in [-0.3, -0.25) is 19.3 Å². The van der Waals surface area contributed by atoms with E-state index in [1.807, 2.05) is 17.9 Å². The number of carbonyl (C=O) groups excluding carboxylic acids is 3. The zero-order valence-corrected chi connectivity index (χ0v) is 20.3. The van der Waals surface area contributed by atoms with Gasteiger partial charge in [-0.2, -0.15) is 4.98 Å². The normalized spacial score (nSPS) is 18.3. The number of carbonyl (C=O) groups is 3. The molecule has 35 heavy (non-hydrogen) atoms. The number of nitrogens with zero attached hydrogens (tertiary/aromatic N) is 6. The standard InChI is InChI=1S/C26H32N6O3/c1-19-18-22(28-26(27-19)31-11-5-2-6-12-31)29-14-16-30(17-15-29)23(33)10-7-13-32-24(34)20-8-3-4-9-21(20)25(32)35/h3-4,8-9,18H,2,5-7,10-17H2,1H3. The highest BCUT2D eigenvalue weighted by molar-refractivity contribution is 6.21. The van der Waals surface area contributed by atoms with Crippen molar-refractivity contribution in [1.82, 2.24) is 19.8 Å². The van der Waals surface area contributed by atoms with Crippen LogP contribution in [0.5, 0.6) is 0 Å². The molecule has 0 bridgehead atoms. The average molecular weight is 477 g/mol. The molecule has 2 saturated heterocycles. The van der Waals surface area contributed by atoms with Crippen molar-refractivity contribution < 1.29 is 14.4 Å². The summed E-state index contributed by atoms with van der Waals surface area (Å²) >= 11 is 0. The van der Waals surface area contributed by atoms with Crippen molar-refractivity contribution in [1.29, 1.82) is 0 Å². The van der Waals surface area contributed by atoms with Crippen molar-refractivity contribution >= 4 is 29.5 Å². The lowest BCUT2D eigenvalue weighted by molar-refractivity contribution is -0.131. The third-order valence-electron chi connectivity index (χ3n) is 7.07. The summed E-state index contributed by atoms with van der Waals surface area (Å²) in [6.07, 6.45) is 4.41. The molecule has 3 amide bonds. The zero-order valence-electron chi connectivity index (χ0n) is 20.3. The molecule has 3 aliphatic rings. The van der Waals surface area contributed by atoms with Crippen LogP contribution in [-0.4, -0.2) is 83.3 Å². The van der Waals surface area contributed by atoms with Crippen LogP contribution < -0.4 is 9.80 Å². The number of amides is 3. The summed E-state index contributed by atoms with van der Waals surface area (Å²) in [4.78, 5) is 54.9. The minimum atomic E-state index is -0.268. The Morgan fingerprint density at radius 2 is 1.51 bits per heavy atom. The molecule has 0 saturated carbocycles. The Balaban J connectivity index is 1.11. The molecule has 2 aromatic rings. The van der Waals surface area contributed by atoms with Crippen LogP contribution in [-0.2, 0) is 4.79 Å². The van der Waals surface area contributed by atoms with Crippen LogP contribution >= 0.6 is 0 Å². The van der Waals surface area contributed by atoms with Gasteiger partial charge in [0.1, 0.15) is 5.82 Å². The first kappa shape index (κ1) is 23.3. The van der Waals surface area contributed by atoms with E-state index < -0.39 is 0 Å². The van der Waals surface area contributed by atoms with Crippen molar-refractivity contribution in [2.75, 3.05) is 55.6 Å². The quantitative estimate of drug-likeness (QED) is 0.592. The molecule has 0 atom stereocenters. The van der Waals surface area contributed by atoms with Crippen molar-refractivity contribution in [3.05, 3.63) is 47.2 Å². The second kappa shape index (κ2) is 10.0. The van der Waals surface area contributed by atoms with Crippen LogP contribution in [0.2, 0.25) is 0 Å². The smallest absolute Gasteiger partial charge is 0.261 e. The van der Waals surface area contributed by atoms with Gasteiger partial charge in [-0.15, -0.1) is 0 Å². The monoisotopic (exact) mass is 476 g/mol. The number of fused-ring (bicyclic) bond motifs is 1. The number of hydrogen-bond donors (Lipinski definition) is 0. The highest BCUT2D eigenvalue weighted by atomic mass is 16.2. The van der Waals surface area contributed by atoms with Gasteiger partial charge >= 0.3 is 0 Å². The molecule has 0 radical (unpaired) electrons. The number of aromatic nitrogens is 2. The molecular weight excluding hydrogens is 444 g/mol. The van der Waals surface area contributed by atoms with E-state index >= 15 is 0 Å². The Bertz CT molecular complexity index is 1090. The van der Waals surface area contributed by atoms with Crippen LogP contribution in [0.1, 0.15) is 58.5 Å². The van der Waals surface area contributed by atoms with Crippen molar-refractivity contribution in [2.24, 2.45) is 0 Å². The van der Waals surface area contributed by atoms with Crippen molar-refractivity contribution in [3.8, 4) is 0 Å². The highest BCUT2D eigenvalue weighted by Crippen LogP contribution is 2.24. The predicted molar refractivity (Wildman–Crippen MR) is 133 cm³/mol. The maximum atomic E-state index is 12.8. The average Bonchev–Trinajstić information content (AvgIpc) is 3.14. The minimum Gasteiger partial charge on any atom is -0.353 e. The van der Waals surface area contributed by atoms with Crippen LogP contribution in [0.3, 0.4) is 0 Å². The lowest BCUT2D eigenvalue weighted by atomic mass is 10.1. The van der Waals surface area contributed by atoms with Crippen molar-refractivity contribution in [3.63, 3.8) is 0 Å². The molecule has 9 heteroatoms. The van der Waals surface area contributed by atoms with Gasteiger partial charge in [-0.1, -0.05) is 12.1 Å². The number of rotatable bonds is 6. The molecular formula is C26H32N6O3. The van der Waals surface area contributed by atoms with Gasteiger partial charge in [0.15, 0.2) is 0 Å². The van der Waals surface area contributed by atoms with Gasteiger partial charge in [-0.05, 0) is 44.7 Å². The topological polar surface area (TPSA) is 89.9 Å². The summed E-state index contributed by atoms with van der Waals surface area (Å²) in [7, 11) is 0. The van der Waals surface area contributed by atoms with Gasteiger partial charge in [0.25, 0.3) is 11.8 Å². The predicted octanol–water partition coefficient (Wildman–Crippen LogP) is 2.50. The molecule has 184 valence electrons. The first-order valence-electron chi connectivity index (χ1n) is 12.6. The molecule has 1 aromatic heterocycles. The Morgan fingerprint density at radius 3 is 2.17 bits per heavy atom. The lowest BCUT2D eigenvalue weighted by Gasteiger charge is -2.36. The third-order valence-corrected chi connectivity index (χ3v) is 7.07. The molecule has 0 spiro atoms. The number of piperazine rings is 1. The van der Waals surface area contributed by atoms with E-state index in [9.17, 15) is 14.4 Å². The molecule has 0 unspecified atom stereocenters. The number of hydrogen-bond acceptors (Lipinski definition) is 7. The molecule has 0 aliphatic carbocycles. The maximum Gasteiger partial charge on any atom is 0.261 e. The number of anilines is 2. The van der Waals surface area contributed by atoms with E-state index in [0.29, 0.717) is 37.1 Å². The fourth-order valence-corrected chi connectivity index (χ4v) is 5.11. The first-order chi connectivity index (χ1) is 17.0. The number of imide groups is 1. The molecule has 1 aromatic carbocycles. The Hall–Kier alpha value is -3.49. The van der Waals surface area contributed by atoms with Gasteiger partial charge in [-0.25, -0.2) is 4.98 Å². The number of piperidine rings is 1.